The van der Waals surface area contributed by atoms with E-state index in [9.17, 15) is 14.7 Å². The van der Waals surface area contributed by atoms with Crippen molar-refractivity contribution in [3.05, 3.63) is 42.5 Å². The zero-order valence-corrected chi connectivity index (χ0v) is 24.3. The van der Waals surface area contributed by atoms with Crippen molar-refractivity contribution >= 4 is 20.7 Å². The molecule has 220 valence electrons. The number of carbonyl (C=O) groups is 2. The molecule has 2 rings (SSSR count). The van der Waals surface area contributed by atoms with Crippen LogP contribution in [0.15, 0.2) is 36.9 Å². The summed E-state index contributed by atoms with van der Waals surface area (Å²) in [4.78, 5) is 34.6. The van der Waals surface area contributed by atoms with Crippen molar-refractivity contribution in [2.45, 2.75) is 45.8 Å². The van der Waals surface area contributed by atoms with E-state index >= 15 is 0 Å². The maximum atomic E-state index is 12.7. The molecule has 0 spiro atoms. The molecule has 0 amide bonds. The van der Waals surface area contributed by atoms with Crippen LogP contribution in [0.3, 0.4) is 0 Å². The zero-order chi connectivity index (χ0) is 28.7. The minimum Gasteiger partial charge on any atom is -0.459 e. The summed E-state index contributed by atoms with van der Waals surface area (Å²) in [5.41, 5.74) is -0.575. The Morgan fingerprint density at radius 1 is 1.10 bits per heavy atom. The summed E-state index contributed by atoms with van der Waals surface area (Å²) in [6.07, 6.45) is 1.91. The molecule has 0 aromatic heterocycles. The van der Waals surface area contributed by atoms with Gasteiger partial charge in [-0.3, -0.25) is 4.79 Å². The van der Waals surface area contributed by atoms with Gasteiger partial charge in [0.1, 0.15) is 23.9 Å². The average Bonchev–Trinajstić information content (AvgIpc) is 3.66. The van der Waals surface area contributed by atoms with Gasteiger partial charge in [0, 0.05) is 32.5 Å². The van der Waals surface area contributed by atoms with E-state index in [1.165, 1.54) is 31.4 Å². The summed E-state index contributed by atoms with van der Waals surface area (Å²) >= 11 is 0. The van der Waals surface area contributed by atoms with Gasteiger partial charge in [-0.2, -0.15) is 0 Å². The topological polar surface area (TPSA) is 128 Å². The molecule has 39 heavy (non-hydrogen) atoms. The van der Waals surface area contributed by atoms with Crippen LogP contribution in [0.5, 0.6) is 5.75 Å². The Morgan fingerprint density at radius 3 is 2.28 bits per heavy atom. The van der Waals surface area contributed by atoms with Crippen molar-refractivity contribution in [3.8, 4) is 5.75 Å². The van der Waals surface area contributed by atoms with Crippen molar-refractivity contribution in [2.24, 2.45) is 11.3 Å². The van der Waals surface area contributed by atoms with Gasteiger partial charge in [0.05, 0.1) is 25.9 Å². The summed E-state index contributed by atoms with van der Waals surface area (Å²) in [7, 11) is -1.35. The van der Waals surface area contributed by atoms with Crippen LogP contribution in [0, 0.1) is 11.3 Å². The normalized spacial score (nSPS) is 19.4. The van der Waals surface area contributed by atoms with Crippen LogP contribution in [0.25, 0.3) is 0 Å². The molecule has 12 heteroatoms. The number of ether oxygens (including phenoxy) is 3. The van der Waals surface area contributed by atoms with E-state index in [2.05, 4.69) is 11.5 Å². The van der Waals surface area contributed by atoms with Gasteiger partial charge in [0.25, 0.3) is 0 Å². The molecule has 1 aromatic rings. The van der Waals surface area contributed by atoms with E-state index in [4.69, 9.17) is 32.4 Å². The standard InChI is InChI=1S/C27H42O11Si/c1-6-22-17-27(22,20-34-31-5)26(30)38-24-13-11-21(12-14-24)25(29)33-19-23(28)18-32-15-10-16-39(35-7-2,36-8-3)37-9-4/h6,11-14,22-23,28H,1,7-10,15-20H2,2-5H3. The fourth-order valence-electron chi connectivity index (χ4n) is 4.05. The average molecular weight is 571 g/mol. The number of carbonyl (C=O) groups excluding carboxylic acids is 2. The van der Waals surface area contributed by atoms with Crippen molar-refractivity contribution < 1.29 is 52.0 Å². The highest BCUT2D eigenvalue weighted by molar-refractivity contribution is 6.60. The highest BCUT2D eigenvalue weighted by Gasteiger charge is 2.60. The van der Waals surface area contributed by atoms with Gasteiger partial charge in [-0.05, 0) is 63.8 Å². The zero-order valence-electron chi connectivity index (χ0n) is 23.3. The van der Waals surface area contributed by atoms with Crippen molar-refractivity contribution in [1.29, 1.82) is 0 Å². The summed E-state index contributed by atoms with van der Waals surface area (Å²) in [6.45, 7) is 11.2. The Morgan fingerprint density at radius 2 is 1.74 bits per heavy atom. The smallest absolute Gasteiger partial charge is 0.459 e. The van der Waals surface area contributed by atoms with Crippen molar-refractivity contribution in [2.75, 3.05) is 53.4 Å². The highest BCUT2D eigenvalue weighted by Crippen LogP contribution is 2.54. The number of aliphatic hydroxyl groups excluding tert-OH is 1. The SMILES string of the molecule is C=CC1CC1(COOC)C(=O)Oc1ccc(C(=O)OCC(O)COCCC[Si](OCC)(OCC)OCC)cc1. The number of benzene rings is 1. The molecule has 11 nitrogen and oxygen atoms in total. The Bertz CT molecular complexity index is 877. The number of esters is 2. The molecular weight excluding hydrogens is 528 g/mol. The van der Waals surface area contributed by atoms with Crippen LogP contribution in [-0.4, -0.2) is 85.3 Å². The van der Waals surface area contributed by atoms with Gasteiger partial charge >= 0.3 is 20.7 Å². The van der Waals surface area contributed by atoms with Gasteiger partial charge in [0.2, 0.25) is 0 Å². The summed E-state index contributed by atoms with van der Waals surface area (Å²) in [6, 6.07) is 6.57. The monoisotopic (exact) mass is 570 g/mol. The maximum Gasteiger partial charge on any atom is 0.501 e. The Kier molecular flexibility index (Phi) is 14.3. The molecule has 1 N–H and O–H groups in total. The van der Waals surface area contributed by atoms with Crippen molar-refractivity contribution in [3.63, 3.8) is 0 Å². The third-order valence-electron chi connectivity index (χ3n) is 6.14. The molecule has 1 saturated carbocycles. The number of rotatable bonds is 21. The molecular formula is C27H42O11Si. The lowest BCUT2D eigenvalue weighted by atomic mass is 10.1. The fourth-order valence-corrected chi connectivity index (χ4v) is 6.63. The summed E-state index contributed by atoms with van der Waals surface area (Å²) in [5.74, 6) is -0.849. The fraction of sp³-hybridized carbons (Fsp3) is 0.630. The first-order chi connectivity index (χ1) is 18.8. The molecule has 1 fully saturated rings. The Hall–Kier alpha value is -2.16. The van der Waals surface area contributed by atoms with E-state index in [1.807, 2.05) is 20.8 Å². The van der Waals surface area contributed by atoms with Crippen LogP contribution in [0.2, 0.25) is 6.04 Å². The van der Waals surface area contributed by atoms with Crippen molar-refractivity contribution in [1.82, 2.24) is 0 Å². The molecule has 0 saturated heterocycles. The van der Waals surface area contributed by atoms with Gasteiger partial charge in [-0.25, -0.2) is 14.6 Å². The largest absolute Gasteiger partial charge is 0.501 e. The third-order valence-corrected chi connectivity index (χ3v) is 9.29. The molecule has 0 aliphatic heterocycles. The predicted molar refractivity (Wildman–Crippen MR) is 143 cm³/mol. The quantitative estimate of drug-likeness (QED) is 0.0444. The van der Waals surface area contributed by atoms with E-state index in [0.29, 0.717) is 45.3 Å². The molecule has 1 aromatic carbocycles. The van der Waals surface area contributed by atoms with Gasteiger partial charge in [-0.1, -0.05) is 6.08 Å². The molecule has 1 aliphatic carbocycles. The lowest BCUT2D eigenvalue weighted by molar-refractivity contribution is -0.282. The number of allylic oxidation sites excluding steroid dienone is 1. The van der Waals surface area contributed by atoms with E-state index < -0.39 is 32.3 Å². The van der Waals surface area contributed by atoms with Gasteiger partial charge in [0.15, 0.2) is 0 Å². The summed E-state index contributed by atoms with van der Waals surface area (Å²) in [5, 5.41) is 10.1. The van der Waals surface area contributed by atoms with E-state index in [1.54, 1.807) is 6.08 Å². The first-order valence-corrected chi connectivity index (χ1v) is 15.2. The molecule has 3 atom stereocenters. The van der Waals surface area contributed by atoms with Gasteiger partial charge in [-0.15, -0.1) is 6.58 Å². The Balaban J connectivity index is 1.72. The first-order valence-electron chi connectivity index (χ1n) is 13.2. The van der Waals surface area contributed by atoms with Crippen LogP contribution in [-0.2, 0) is 37.3 Å². The molecule has 3 unspecified atom stereocenters. The second kappa shape index (κ2) is 16.8. The number of hydrogen-bond acceptors (Lipinski definition) is 11. The van der Waals surface area contributed by atoms with E-state index in [0.717, 1.165) is 0 Å². The van der Waals surface area contributed by atoms with Crippen LogP contribution >= 0.6 is 0 Å². The van der Waals surface area contributed by atoms with Crippen LogP contribution in [0.4, 0.5) is 0 Å². The summed E-state index contributed by atoms with van der Waals surface area (Å²) < 4.78 is 33.6. The number of aliphatic hydroxyl groups is 1. The van der Waals surface area contributed by atoms with Crippen LogP contribution in [0.1, 0.15) is 44.0 Å². The minimum atomic E-state index is -2.72. The second-order valence-corrected chi connectivity index (χ2v) is 11.7. The maximum absolute atomic E-state index is 12.7. The minimum absolute atomic E-state index is 0.00880. The lowest BCUT2D eigenvalue weighted by Crippen LogP contribution is -2.46. The predicted octanol–water partition coefficient (Wildman–Crippen LogP) is 3.34. The molecule has 1 aliphatic rings. The third kappa shape index (κ3) is 10.1. The molecule has 0 bridgehead atoms. The second-order valence-electron chi connectivity index (χ2n) is 8.96. The molecule has 0 heterocycles. The lowest BCUT2D eigenvalue weighted by Gasteiger charge is -2.28. The molecule has 0 radical (unpaired) electrons. The Labute approximate surface area is 231 Å². The number of hydrogen-bond donors (Lipinski definition) is 1. The van der Waals surface area contributed by atoms with E-state index in [-0.39, 0.29) is 37.1 Å². The van der Waals surface area contributed by atoms with Gasteiger partial charge < -0.3 is 32.6 Å². The first kappa shape index (κ1) is 33.0. The van der Waals surface area contributed by atoms with Crippen LogP contribution < -0.4 is 4.74 Å². The highest BCUT2D eigenvalue weighted by atomic mass is 28.4.